The SMILES string of the molecule is N[C@@H](Cc1ccccc1)C(=O)Nc1cc(C(=O)OCc2ccccc2)ccc1C(=O)OCc1ccccc1. The van der Waals surface area contributed by atoms with E-state index in [-0.39, 0.29) is 30.0 Å². The number of carbonyl (C=O) groups is 3. The summed E-state index contributed by atoms with van der Waals surface area (Å²) in [7, 11) is 0. The average molecular weight is 509 g/mol. The van der Waals surface area contributed by atoms with Gasteiger partial charge in [-0.3, -0.25) is 4.79 Å². The van der Waals surface area contributed by atoms with Gasteiger partial charge in [-0.15, -0.1) is 0 Å². The highest BCUT2D eigenvalue weighted by atomic mass is 16.5. The third-order valence-corrected chi connectivity index (χ3v) is 5.79. The zero-order valence-electron chi connectivity index (χ0n) is 20.7. The van der Waals surface area contributed by atoms with Crippen LogP contribution in [0.5, 0.6) is 0 Å². The number of nitrogens with one attached hydrogen (secondary N) is 1. The normalized spacial score (nSPS) is 11.3. The molecule has 7 heteroatoms. The van der Waals surface area contributed by atoms with Crippen molar-refractivity contribution in [3.05, 3.63) is 137 Å². The number of rotatable bonds is 10. The zero-order valence-corrected chi connectivity index (χ0v) is 20.7. The second kappa shape index (κ2) is 13.0. The van der Waals surface area contributed by atoms with Gasteiger partial charge < -0.3 is 20.5 Å². The first kappa shape index (κ1) is 26.3. The summed E-state index contributed by atoms with van der Waals surface area (Å²) >= 11 is 0. The molecule has 4 aromatic rings. The highest BCUT2D eigenvalue weighted by Crippen LogP contribution is 2.21. The van der Waals surface area contributed by atoms with Crippen LogP contribution in [0.1, 0.15) is 37.4 Å². The van der Waals surface area contributed by atoms with E-state index in [4.69, 9.17) is 15.2 Å². The summed E-state index contributed by atoms with van der Waals surface area (Å²) in [6.45, 7) is 0.144. The molecule has 192 valence electrons. The molecule has 0 saturated carbocycles. The van der Waals surface area contributed by atoms with E-state index in [1.807, 2.05) is 91.0 Å². The lowest BCUT2D eigenvalue weighted by molar-refractivity contribution is -0.117. The van der Waals surface area contributed by atoms with Gasteiger partial charge in [0.2, 0.25) is 5.91 Å². The summed E-state index contributed by atoms with van der Waals surface area (Å²) in [6.07, 6.45) is 0.305. The molecule has 0 spiro atoms. The van der Waals surface area contributed by atoms with Gasteiger partial charge in [-0.05, 0) is 41.3 Å². The van der Waals surface area contributed by atoms with Crippen molar-refractivity contribution >= 4 is 23.5 Å². The molecular weight excluding hydrogens is 480 g/mol. The maximum Gasteiger partial charge on any atom is 0.340 e. The quantitative estimate of drug-likeness (QED) is 0.295. The Labute approximate surface area is 221 Å². The molecule has 7 nitrogen and oxygen atoms in total. The van der Waals surface area contributed by atoms with Crippen LogP contribution in [-0.4, -0.2) is 23.9 Å². The number of hydrogen-bond donors (Lipinski definition) is 2. The summed E-state index contributed by atoms with van der Waals surface area (Å²) in [5.74, 6) is -1.74. The van der Waals surface area contributed by atoms with Gasteiger partial charge in [0, 0.05) is 0 Å². The molecule has 0 unspecified atom stereocenters. The minimum atomic E-state index is -0.876. The summed E-state index contributed by atoms with van der Waals surface area (Å²) < 4.78 is 10.9. The number of ether oxygens (including phenoxy) is 2. The predicted octanol–water partition coefficient (Wildman–Crippen LogP) is 4.91. The number of esters is 2. The molecule has 4 rings (SSSR count). The topological polar surface area (TPSA) is 108 Å². The van der Waals surface area contributed by atoms with E-state index in [2.05, 4.69) is 5.32 Å². The predicted molar refractivity (Wildman–Crippen MR) is 144 cm³/mol. The van der Waals surface area contributed by atoms with Crippen molar-refractivity contribution in [2.24, 2.45) is 5.73 Å². The second-order valence-electron chi connectivity index (χ2n) is 8.67. The Morgan fingerprint density at radius 1 is 0.658 bits per heavy atom. The van der Waals surface area contributed by atoms with E-state index in [0.717, 1.165) is 16.7 Å². The Balaban J connectivity index is 1.51. The van der Waals surface area contributed by atoms with Crippen molar-refractivity contribution in [3.8, 4) is 0 Å². The van der Waals surface area contributed by atoms with E-state index in [1.54, 1.807) is 0 Å². The van der Waals surface area contributed by atoms with Crippen molar-refractivity contribution in [2.75, 3.05) is 5.32 Å². The van der Waals surface area contributed by atoms with Gasteiger partial charge in [0.05, 0.1) is 22.9 Å². The van der Waals surface area contributed by atoms with Crippen LogP contribution in [0.3, 0.4) is 0 Å². The van der Waals surface area contributed by atoms with Crippen molar-refractivity contribution in [3.63, 3.8) is 0 Å². The Morgan fingerprint density at radius 3 is 1.71 bits per heavy atom. The molecule has 0 fully saturated rings. The zero-order chi connectivity index (χ0) is 26.7. The third kappa shape index (κ3) is 7.38. The van der Waals surface area contributed by atoms with Crippen LogP contribution in [0.15, 0.2) is 109 Å². The van der Waals surface area contributed by atoms with Crippen molar-refractivity contribution in [1.29, 1.82) is 0 Å². The molecule has 0 aliphatic rings. The molecule has 4 aromatic carbocycles. The number of anilines is 1. The van der Waals surface area contributed by atoms with E-state index in [1.165, 1.54) is 18.2 Å². The van der Waals surface area contributed by atoms with E-state index in [9.17, 15) is 14.4 Å². The van der Waals surface area contributed by atoms with Gasteiger partial charge in [-0.25, -0.2) is 9.59 Å². The highest BCUT2D eigenvalue weighted by Gasteiger charge is 2.21. The number of hydrogen-bond acceptors (Lipinski definition) is 6. The van der Waals surface area contributed by atoms with Crippen LogP contribution in [0, 0.1) is 0 Å². The number of carbonyl (C=O) groups excluding carboxylic acids is 3. The summed E-state index contributed by atoms with van der Waals surface area (Å²) in [5, 5.41) is 2.71. The molecule has 0 aromatic heterocycles. The second-order valence-corrected chi connectivity index (χ2v) is 8.67. The molecule has 0 radical (unpaired) electrons. The molecule has 1 atom stereocenters. The van der Waals surface area contributed by atoms with Gasteiger partial charge >= 0.3 is 11.9 Å². The van der Waals surface area contributed by atoms with Gasteiger partial charge in [-0.2, -0.15) is 0 Å². The van der Waals surface area contributed by atoms with Gasteiger partial charge in [0.1, 0.15) is 13.2 Å². The smallest absolute Gasteiger partial charge is 0.340 e. The first-order valence-corrected chi connectivity index (χ1v) is 12.2. The van der Waals surface area contributed by atoms with Gasteiger partial charge in [0.15, 0.2) is 0 Å². The first-order chi connectivity index (χ1) is 18.5. The van der Waals surface area contributed by atoms with Crippen molar-refractivity contribution < 1.29 is 23.9 Å². The van der Waals surface area contributed by atoms with Gasteiger partial charge in [-0.1, -0.05) is 91.0 Å². The Kier molecular flexibility index (Phi) is 8.99. The van der Waals surface area contributed by atoms with Crippen LogP contribution >= 0.6 is 0 Å². The van der Waals surface area contributed by atoms with Gasteiger partial charge in [0.25, 0.3) is 0 Å². The third-order valence-electron chi connectivity index (χ3n) is 5.79. The van der Waals surface area contributed by atoms with Crippen LogP contribution < -0.4 is 11.1 Å². The standard InChI is InChI=1S/C31H28N2O5/c32-27(18-22-10-4-1-5-11-22)29(34)33-28-19-25(30(35)37-20-23-12-6-2-7-13-23)16-17-26(28)31(36)38-21-24-14-8-3-9-15-24/h1-17,19,27H,18,20-21,32H2,(H,33,34)/t27-/m0/s1. The average Bonchev–Trinajstić information content (AvgIpc) is 2.96. The van der Waals surface area contributed by atoms with Crippen LogP contribution in [0.2, 0.25) is 0 Å². The molecule has 1 amide bonds. The molecule has 0 bridgehead atoms. The summed E-state index contributed by atoms with van der Waals surface area (Å²) in [4.78, 5) is 38.7. The molecule has 0 saturated heterocycles. The Hall–Kier alpha value is -4.75. The Bertz CT molecular complexity index is 1380. The lowest BCUT2D eigenvalue weighted by atomic mass is 10.0. The van der Waals surface area contributed by atoms with Crippen LogP contribution in [0.25, 0.3) is 0 Å². The molecular formula is C31H28N2O5. The minimum Gasteiger partial charge on any atom is -0.457 e. The fraction of sp³-hybridized carbons (Fsp3) is 0.129. The van der Waals surface area contributed by atoms with E-state index < -0.39 is 23.9 Å². The monoisotopic (exact) mass is 508 g/mol. The van der Waals surface area contributed by atoms with Crippen molar-refractivity contribution in [2.45, 2.75) is 25.7 Å². The van der Waals surface area contributed by atoms with Crippen LogP contribution in [-0.2, 0) is 33.9 Å². The number of benzene rings is 4. The molecule has 0 aliphatic carbocycles. The van der Waals surface area contributed by atoms with Crippen molar-refractivity contribution in [1.82, 2.24) is 0 Å². The molecule has 0 aliphatic heterocycles. The summed E-state index contributed by atoms with van der Waals surface area (Å²) in [6, 6.07) is 31.3. The van der Waals surface area contributed by atoms with E-state index in [0.29, 0.717) is 6.42 Å². The summed E-state index contributed by atoms with van der Waals surface area (Å²) in [5.41, 5.74) is 9.09. The lowest BCUT2D eigenvalue weighted by Crippen LogP contribution is -2.37. The Morgan fingerprint density at radius 2 is 1.16 bits per heavy atom. The lowest BCUT2D eigenvalue weighted by Gasteiger charge is -2.16. The number of amides is 1. The maximum absolute atomic E-state index is 13.0. The molecule has 38 heavy (non-hydrogen) atoms. The molecule has 3 N–H and O–H groups in total. The van der Waals surface area contributed by atoms with E-state index >= 15 is 0 Å². The number of nitrogens with two attached hydrogens (primary N) is 1. The largest absolute Gasteiger partial charge is 0.457 e. The fourth-order valence-electron chi connectivity index (χ4n) is 3.75. The fourth-order valence-corrected chi connectivity index (χ4v) is 3.75. The minimum absolute atomic E-state index is 0.0570. The maximum atomic E-state index is 13.0. The first-order valence-electron chi connectivity index (χ1n) is 12.2. The molecule has 0 heterocycles. The highest BCUT2D eigenvalue weighted by molar-refractivity contribution is 6.04. The van der Waals surface area contributed by atoms with Crippen LogP contribution in [0.4, 0.5) is 5.69 Å².